The fourth-order valence-corrected chi connectivity index (χ4v) is 1.82. The largest absolute Gasteiger partial charge is 0.317 e. The molecule has 2 aromatic rings. The lowest BCUT2D eigenvalue weighted by Gasteiger charge is -2.09. The fourth-order valence-electron chi connectivity index (χ4n) is 1.63. The van der Waals surface area contributed by atoms with E-state index in [1.54, 1.807) is 12.3 Å². The maximum atomic E-state index is 12.0. The molecule has 0 aliphatic carbocycles. The summed E-state index contributed by atoms with van der Waals surface area (Å²) in [7, 11) is 0. The SMILES string of the molecule is Cc1ccc(NC(=S)NC(=O)c2cccc([N+](=O)[O-])c2)nc1. The first-order valence-corrected chi connectivity index (χ1v) is 6.66. The van der Waals surface area contributed by atoms with Gasteiger partial charge in [-0.3, -0.25) is 20.2 Å². The summed E-state index contributed by atoms with van der Waals surface area (Å²) in [6, 6.07) is 8.97. The number of hydrogen-bond donors (Lipinski definition) is 2. The maximum Gasteiger partial charge on any atom is 0.270 e. The topological polar surface area (TPSA) is 97.2 Å². The van der Waals surface area contributed by atoms with Crippen LogP contribution in [0, 0.1) is 17.0 Å². The number of carbonyl (C=O) groups is 1. The minimum absolute atomic E-state index is 0.0628. The van der Waals surface area contributed by atoms with E-state index in [4.69, 9.17) is 12.2 Å². The number of carbonyl (C=O) groups excluding carboxylic acids is 1. The van der Waals surface area contributed by atoms with Crippen molar-refractivity contribution in [1.29, 1.82) is 0 Å². The quantitative estimate of drug-likeness (QED) is 0.513. The molecule has 0 fully saturated rings. The molecule has 0 bridgehead atoms. The first-order chi connectivity index (χ1) is 10.5. The zero-order chi connectivity index (χ0) is 16.1. The van der Waals surface area contributed by atoms with Crippen LogP contribution in [0.3, 0.4) is 0 Å². The average molecular weight is 316 g/mol. The summed E-state index contributed by atoms with van der Waals surface area (Å²) in [6.45, 7) is 1.90. The van der Waals surface area contributed by atoms with Gasteiger partial charge in [0.1, 0.15) is 5.82 Å². The van der Waals surface area contributed by atoms with Crippen molar-refractivity contribution in [2.24, 2.45) is 0 Å². The highest BCUT2D eigenvalue weighted by Gasteiger charge is 2.12. The number of thiocarbonyl (C=S) groups is 1. The number of aromatic nitrogens is 1. The lowest BCUT2D eigenvalue weighted by molar-refractivity contribution is -0.384. The standard InChI is InChI=1S/C14H12N4O3S/c1-9-5-6-12(15-8-9)16-14(22)17-13(19)10-3-2-4-11(7-10)18(20)21/h2-8H,1H3,(H2,15,16,17,19,22). The number of amides is 1. The van der Waals surface area contributed by atoms with Crippen LogP contribution in [0.4, 0.5) is 11.5 Å². The fraction of sp³-hybridized carbons (Fsp3) is 0.0714. The van der Waals surface area contributed by atoms with Gasteiger partial charge in [-0.2, -0.15) is 0 Å². The number of nitro benzene ring substituents is 1. The van der Waals surface area contributed by atoms with Crippen LogP contribution in [0.25, 0.3) is 0 Å². The second-order valence-electron chi connectivity index (χ2n) is 4.44. The predicted octanol–water partition coefficient (Wildman–Crippen LogP) is 2.43. The third kappa shape index (κ3) is 4.06. The normalized spacial score (nSPS) is 9.86. The molecule has 0 radical (unpaired) electrons. The van der Waals surface area contributed by atoms with Crippen LogP contribution < -0.4 is 10.6 Å². The van der Waals surface area contributed by atoms with E-state index in [-0.39, 0.29) is 16.4 Å². The Labute approximate surface area is 131 Å². The molecule has 8 heteroatoms. The van der Waals surface area contributed by atoms with Crippen molar-refractivity contribution >= 4 is 34.7 Å². The van der Waals surface area contributed by atoms with Gasteiger partial charge < -0.3 is 5.32 Å². The first-order valence-electron chi connectivity index (χ1n) is 6.25. The van der Waals surface area contributed by atoms with Crippen LogP contribution in [-0.4, -0.2) is 20.9 Å². The molecule has 1 aromatic carbocycles. The smallest absolute Gasteiger partial charge is 0.270 e. The summed E-state index contributed by atoms with van der Waals surface area (Å²) < 4.78 is 0. The summed E-state index contributed by atoms with van der Waals surface area (Å²) in [4.78, 5) is 26.2. The van der Waals surface area contributed by atoms with Gasteiger partial charge in [0.2, 0.25) is 0 Å². The van der Waals surface area contributed by atoms with E-state index >= 15 is 0 Å². The van der Waals surface area contributed by atoms with E-state index in [1.807, 2.05) is 13.0 Å². The highest BCUT2D eigenvalue weighted by Crippen LogP contribution is 2.13. The number of hydrogen-bond acceptors (Lipinski definition) is 5. The van der Waals surface area contributed by atoms with Crippen LogP contribution >= 0.6 is 12.2 Å². The summed E-state index contributed by atoms with van der Waals surface area (Å²) in [5, 5.41) is 16.0. The average Bonchev–Trinajstić information content (AvgIpc) is 2.49. The first kappa shape index (κ1) is 15.5. The number of pyridine rings is 1. The number of benzene rings is 1. The van der Waals surface area contributed by atoms with Crippen molar-refractivity contribution < 1.29 is 9.72 Å². The molecule has 1 heterocycles. The minimum Gasteiger partial charge on any atom is -0.317 e. The van der Waals surface area contributed by atoms with E-state index in [9.17, 15) is 14.9 Å². The molecule has 0 unspecified atom stereocenters. The van der Waals surface area contributed by atoms with Gasteiger partial charge in [-0.05, 0) is 36.8 Å². The second-order valence-corrected chi connectivity index (χ2v) is 4.84. The Hall–Kier alpha value is -2.87. The monoisotopic (exact) mass is 316 g/mol. The molecule has 0 aliphatic heterocycles. The van der Waals surface area contributed by atoms with Gasteiger partial charge in [0.05, 0.1) is 4.92 Å². The van der Waals surface area contributed by atoms with Gasteiger partial charge in [-0.15, -0.1) is 0 Å². The zero-order valence-corrected chi connectivity index (χ0v) is 12.4. The number of nitrogens with one attached hydrogen (secondary N) is 2. The molecule has 7 nitrogen and oxygen atoms in total. The molecule has 22 heavy (non-hydrogen) atoms. The number of nitrogens with zero attached hydrogens (tertiary/aromatic N) is 2. The van der Waals surface area contributed by atoms with E-state index in [0.717, 1.165) is 5.56 Å². The Bertz CT molecular complexity index is 731. The third-order valence-electron chi connectivity index (χ3n) is 2.70. The van der Waals surface area contributed by atoms with Gasteiger partial charge in [-0.25, -0.2) is 4.98 Å². The molecule has 1 amide bonds. The van der Waals surface area contributed by atoms with Crippen LogP contribution in [0.1, 0.15) is 15.9 Å². The summed E-state index contributed by atoms with van der Waals surface area (Å²) in [5.41, 5.74) is 0.985. The Balaban J connectivity index is 2.02. The van der Waals surface area contributed by atoms with Crippen molar-refractivity contribution in [2.45, 2.75) is 6.92 Å². The molecule has 2 N–H and O–H groups in total. The van der Waals surface area contributed by atoms with Gasteiger partial charge >= 0.3 is 0 Å². The van der Waals surface area contributed by atoms with Crippen molar-refractivity contribution in [3.63, 3.8) is 0 Å². The Kier molecular flexibility index (Phi) is 4.74. The third-order valence-corrected chi connectivity index (χ3v) is 2.90. The number of nitro groups is 1. The number of aryl methyl sites for hydroxylation is 1. The Morgan fingerprint density at radius 3 is 2.73 bits per heavy atom. The molecule has 0 saturated carbocycles. The lowest BCUT2D eigenvalue weighted by Crippen LogP contribution is -2.34. The summed E-state index contributed by atoms with van der Waals surface area (Å²) in [6.07, 6.45) is 1.66. The second kappa shape index (κ2) is 6.72. The molecular formula is C14H12N4O3S. The molecule has 0 spiro atoms. The molecule has 1 aromatic heterocycles. The van der Waals surface area contributed by atoms with Gasteiger partial charge in [0.25, 0.3) is 11.6 Å². The van der Waals surface area contributed by atoms with E-state index < -0.39 is 10.8 Å². The molecule has 2 rings (SSSR count). The molecule has 0 aliphatic rings. The number of non-ortho nitro benzene ring substituents is 1. The Morgan fingerprint density at radius 1 is 1.32 bits per heavy atom. The molecule has 0 saturated heterocycles. The summed E-state index contributed by atoms with van der Waals surface area (Å²) in [5.74, 6) is -0.0387. The van der Waals surface area contributed by atoms with Gasteiger partial charge in [0, 0.05) is 23.9 Å². The molecule has 112 valence electrons. The number of rotatable bonds is 3. The van der Waals surface area contributed by atoms with Crippen molar-refractivity contribution in [2.75, 3.05) is 5.32 Å². The molecular weight excluding hydrogens is 304 g/mol. The number of anilines is 1. The van der Waals surface area contributed by atoms with Crippen molar-refractivity contribution in [3.8, 4) is 0 Å². The minimum atomic E-state index is -0.566. The van der Waals surface area contributed by atoms with Gasteiger partial charge in [-0.1, -0.05) is 12.1 Å². The highest BCUT2D eigenvalue weighted by molar-refractivity contribution is 7.80. The lowest BCUT2D eigenvalue weighted by atomic mass is 10.2. The van der Waals surface area contributed by atoms with E-state index in [1.165, 1.54) is 24.3 Å². The van der Waals surface area contributed by atoms with Crippen molar-refractivity contribution in [3.05, 3.63) is 63.8 Å². The van der Waals surface area contributed by atoms with Crippen LogP contribution in [0.5, 0.6) is 0 Å². The predicted molar refractivity (Wildman–Crippen MR) is 85.8 cm³/mol. The van der Waals surface area contributed by atoms with Gasteiger partial charge in [0.15, 0.2) is 5.11 Å². The highest BCUT2D eigenvalue weighted by atomic mass is 32.1. The van der Waals surface area contributed by atoms with Crippen molar-refractivity contribution in [1.82, 2.24) is 10.3 Å². The van der Waals surface area contributed by atoms with E-state index in [0.29, 0.717) is 5.82 Å². The van der Waals surface area contributed by atoms with E-state index in [2.05, 4.69) is 15.6 Å². The molecule has 0 atom stereocenters. The van der Waals surface area contributed by atoms with Crippen LogP contribution in [0.15, 0.2) is 42.6 Å². The van der Waals surface area contributed by atoms with Crippen LogP contribution in [-0.2, 0) is 0 Å². The maximum absolute atomic E-state index is 12.0. The Morgan fingerprint density at radius 2 is 2.09 bits per heavy atom. The van der Waals surface area contributed by atoms with Crippen LogP contribution in [0.2, 0.25) is 0 Å². The summed E-state index contributed by atoms with van der Waals surface area (Å²) >= 11 is 5.01. The zero-order valence-electron chi connectivity index (χ0n) is 11.6.